The average molecular weight is 219 g/mol. The molecule has 1 rings (SSSR count). The van der Waals surface area contributed by atoms with Crippen LogP contribution in [0.25, 0.3) is 0 Å². The summed E-state index contributed by atoms with van der Waals surface area (Å²) in [6, 6.07) is 8.88. The molecule has 16 heavy (non-hydrogen) atoms. The number of rotatable bonds is 5. The van der Waals surface area contributed by atoms with Gasteiger partial charge in [-0.3, -0.25) is 4.99 Å². The van der Waals surface area contributed by atoms with Crippen molar-refractivity contribution < 1.29 is 9.90 Å². The van der Waals surface area contributed by atoms with Gasteiger partial charge in [0.2, 0.25) is 0 Å². The van der Waals surface area contributed by atoms with Gasteiger partial charge in [0.1, 0.15) is 6.04 Å². The van der Waals surface area contributed by atoms with E-state index in [1.165, 1.54) is 0 Å². The standard InChI is InChI=1S/C13H17NO2/c1-3-10(2)12(13(15)16)14-9-11-7-5-4-6-8-11/h4-10,12H,3H2,1-2H3,(H,15,16)/b14-9+. The summed E-state index contributed by atoms with van der Waals surface area (Å²) in [5, 5.41) is 9.04. The van der Waals surface area contributed by atoms with Gasteiger partial charge in [-0.15, -0.1) is 0 Å². The molecule has 1 aromatic rings. The van der Waals surface area contributed by atoms with Crippen molar-refractivity contribution in [2.75, 3.05) is 0 Å². The van der Waals surface area contributed by atoms with Crippen LogP contribution in [-0.2, 0) is 4.79 Å². The topological polar surface area (TPSA) is 49.7 Å². The number of hydrogen-bond acceptors (Lipinski definition) is 2. The largest absolute Gasteiger partial charge is 0.480 e. The molecule has 0 aliphatic carbocycles. The highest BCUT2D eigenvalue weighted by Crippen LogP contribution is 2.11. The molecule has 0 aliphatic heterocycles. The third-order valence-electron chi connectivity index (χ3n) is 2.62. The number of carbonyl (C=O) groups is 1. The Morgan fingerprint density at radius 1 is 1.44 bits per heavy atom. The second-order valence-corrected chi connectivity index (χ2v) is 3.86. The summed E-state index contributed by atoms with van der Waals surface area (Å²) in [6.45, 7) is 3.87. The average Bonchev–Trinajstić information content (AvgIpc) is 2.30. The van der Waals surface area contributed by atoms with Gasteiger partial charge in [-0.25, -0.2) is 4.79 Å². The maximum Gasteiger partial charge on any atom is 0.328 e. The Morgan fingerprint density at radius 2 is 2.06 bits per heavy atom. The van der Waals surface area contributed by atoms with Crippen molar-refractivity contribution in [1.29, 1.82) is 0 Å². The maximum absolute atomic E-state index is 11.0. The number of carboxylic acids is 1. The van der Waals surface area contributed by atoms with Crippen LogP contribution >= 0.6 is 0 Å². The minimum atomic E-state index is -0.860. The van der Waals surface area contributed by atoms with Gasteiger partial charge in [0, 0.05) is 6.21 Å². The number of nitrogens with zero attached hydrogens (tertiary/aromatic N) is 1. The summed E-state index contributed by atoms with van der Waals surface area (Å²) in [5.41, 5.74) is 0.928. The highest BCUT2D eigenvalue weighted by Gasteiger charge is 2.21. The fourth-order valence-corrected chi connectivity index (χ4v) is 1.38. The van der Waals surface area contributed by atoms with Crippen LogP contribution in [0.15, 0.2) is 35.3 Å². The molecule has 0 aromatic heterocycles. The van der Waals surface area contributed by atoms with Crippen molar-refractivity contribution in [1.82, 2.24) is 0 Å². The second-order valence-electron chi connectivity index (χ2n) is 3.86. The molecule has 0 bridgehead atoms. The minimum absolute atomic E-state index is 0.0532. The Bertz CT molecular complexity index is 359. The molecule has 0 radical (unpaired) electrons. The lowest BCUT2D eigenvalue weighted by atomic mass is 10.00. The molecule has 86 valence electrons. The molecule has 1 N–H and O–H groups in total. The SMILES string of the molecule is CCC(C)C(/N=C/c1ccccc1)C(=O)O. The van der Waals surface area contributed by atoms with E-state index in [-0.39, 0.29) is 5.92 Å². The smallest absolute Gasteiger partial charge is 0.328 e. The number of benzene rings is 1. The number of aliphatic carboxylic acids is 1. The summed E-state index contributed by atoms with van der Waals surface area (Å²) in [6.07, 6.45) is 2.44. The number of hydrogen-bond donors (Lipinski definition) is 1. The molecular weight excluding hydrogens is 202 g/mol. The first kappa shape index (κ1) is 12.4. The Morgan fingerprint density at radius 3 is 2.56 bits per heavy atom. The van der Waals surface area contributed by atoms with Crippen molar-refractivity contribution in [3.05, 3.63) is 35.9 Å². The van der Waals surface area contributed by atoms with Gasteiger partial charge in [0.15, 0.2) is 0 Å². The number of aliphatic imine (C=N–C) groups is 1. The van der Waals surface area contributed by atoms with Crippen molar-refractivity contribution in [3.8, 4) is 0 Å². The van der Waals surface area contributed by atoms with Crippen molar-refractivity contribution in [3.63, 3.8) is 0 Å². The molecule has 3 nitrogen and oxygen atoms in total. The summed E-state index contributed by atoms with van der Waals surface area (Å²) in [4.78, 5) is 15.1. The molecule has 0 saturated heterocycles. The second kappa shape index (κ2) is 6.05. The fourth-order valence-electron chi connectivity index (χ4n) is 1.38. The Balaban J connectivity index is 2.76. The van der Waals surface area contributed by atoms with Gasteiger partial charge in [-0.05, 0) is 11.5 Å². The van der Waals surface area contributed by atoms with E-state index < -0.39 is 12.0 Å². The Kier molecular flexibility index (Phi) is 4.70. The summed E-state index contributed by atoms with van der Waals surface area (Å²) in [5.74, 6) is -0.806. The lowest BCUT2D eigenvalue weighted by Crippen LogP contribution is -2.25. The maximum atomic E-state index is 11.0. The van der Waals surface area contributed by atoms with Crippen LogP contribution in [0, 0.1) is 5.92 Å². The lowest BCUT2D eigenvalue weighted by molar-refractivity contribution is -0.139. The quantitative estimate of drug-likeness (QED) is 0.774. The highest BCUT2D eigenvalue weighted by atomic mass is 16.4. The zero-order valence-corrected chi connectivity index (χ0v) is 9.63. The first-order valence-corrected chi connectivity index (χ1v) is 5.46. The van der Waals surface area contributed by atoms with Gasteiger partial charge < -0.3 is 5.11 Å². The summed E-state index contributed by atoms with van der Waals surface area (Å²) in [7, 11) is 0. The fraction of sp³-hybridized carbons (Fsp3) is 0.385. The van der Waals surface area contributed by atoms with Gasteiger partial charge >= 0.3 is 5.97 Å². The van der Waals surface area contributed by atoms with Crippen LogP contribution in [0.2, 0.25) is 0 Å². The molecule has 2 atom stereocenters. The molecule has 0 saturated carbocycles. The molecule has 0 amide bonds. The third-order valence-corrected chi connectivity index (χ3v) is 2.62. The monoisotopic (exact) mass is 219 g/mol. The van der Waals surface area contributed by atoms with Crippen LogP contribution in [0.5, 0.6) is 0 Å². The molecule has 0 spiro atoms. The minimum Gasteiger partial charge on any atom is -0.480 e. The van der Waals surface area contributed by atoms with Crippen LogP contribution < -0.4 is 0 Å². The predicted octanol–water partition coefficient (Wildman–Crippen LogP) is 2.60. The van der Waals surface area contributed by atoms with Crippen molar-refractivity contribution in [2.45, 2.75) is 26.3 Å². The molecule has 3 heteroatoms. The van der Waals surface area contributed by atoms with Crippen molar-refractivity contribution in [2.24, 2.45) is 10.9 Å². The molecule has 2 unspecified atom stereocenters. The van der Waals surface area contributed by atoms with Crippen molar-refractivity contribution >= 4 is 12.2 Å². The van der Waals surface area contributed by atoms with Crippen LogP contribution in [-0.4, -0.2) is 23.3 Å². The molecule has 0 aliphatic rings. The molecule has 0 heterocycles. The Labute approximate surface area is 95.8 Å². The molecule has 0 fully saturated rings. The predicted molar refractivity (Wildman–Crippen MR) is 64.9 cm³/mol. The summed E-state index contributed by atoms with van der Waals surface area (Å²) < 4.78 is 0. The van der Waals surface area contributed by atoms with Crippen LogP contribution in [0.4, 0.5) is 0 Å². The van der Waals surface area contributed by atoms with Gasteiger partial charge in [0.25, 0.3) is 0 Å². The van der Waals surface area contributed by atoms with E-state index in [4.69, 9.17) is 5.11 Å². The van der Waals surface area contributed by atoms with Crippen LogP contribution in [0.3, 0.4) is 0 Å². The van der Waals surface area contributed by atoms with E-state index in [0.29, 0.717) is 0 Å². The van der Waals surface area contributed by atoms with E-state index in [1.54, 1.807) is 6.21 Å². The van der Waals surface area contributed by atoms with Gasteiger partial charge in [-0.1, -0.05) is 50.6 Å². The highest BCUT2D eigenvalue weighted by molar-refractivity contribution is 5.83. The van der Waals surface area contributed by atoms with E-state index >= 15 is 0 Å². The molecule has 1 aromatic carbocycles. The summed E-state index contributed by atoms with van der Waals surface area (Å²) >= 11 is 0. The van der Waals surface area contributed by atoms with E-state index in [2.05, 4.69) is 4.99 Å². The zero-order valence-electron chi connectivity index (χ0n) is 9.63. The third kappa shape index (κ3) is 3.50. The lowest BCUT2D eigenvalue weighted by Gasteiger charge is -2.13. The van der Waals surface area contributed by atoms with Gasteiger partial charge in [-0.2, -0.15) is 0 Å². The van der Waals surface area contributed by atoms with E-state index in [1.807, 2.05) is 44.2 Å². The normalized spacial score (nSPS) is 14.9. The molecular formula is C13H17NO2. The first-order chi connectivity index (χ1) is 7.65. The zero-order chi connectivity index (χ0) is 12.0. The Hall–Kier alpha value is -1.64. The first-order valence-electron chi connectivity index (χ1n) is 5.46. The van der Waals surface area contributed by atoms with Gasteiger partial charge in [0.05, 0.1) is 0 Å². The van der Waals surface area contributed by atoms with E-state index in [9.17, 15) is 4.79 Å². The van der Waals surface area contributed by atoms with Crippen LogP contribution in [0.1, 0.15) is 25.8 Å². The number of carboxylic acid groups (broad SMARTS) is 1. The van der Waals surface area contributed by atoms with E-state index in [0.717, 1.165) is 12.0 Å².